The number of ketones is 1. The lowest BCUT2D eigenvalue weighted by Gasteiger charge is -2.08. The van der Waals surface area contributed by atoms with E-state index in [1.54, 1.807) is 35.8 Å². The monoisotopic (exact) mass is 372 g/mol. The summed E-state index contributed by atoms with van der Waals surface area (Å²) in [4.78, 5) is 39.4. The zero-order valence-electron chi connectivity index (χ0n) is 14.6. The molecule has 0 aliphatic rings. The molecule has 2 rings (SSSR count). The quantitative estimate of drug-likeness (QED) is 0.435. The van der Waals surface area contributed by atoms with Gasteiger partial charge in [0.05, 0.1) is 0 Å². The third-order valence-electron chi connectivity index (χ3n) is 3.24. The van der Waals surface area contributed by atoms with Crippen molar-refractivity contribution in [1.29, 1.82) is 0 Å². The van der Waals surface area contributed by atoms with Gasteiger partial charge in [0, 0.05) is 35.3 Å². The Hall–Kier alpha value is -2.80. The van der Waals surface area contributed by atoms with Gasteiger partial charge in [0.25, 0.3) is 0 Å². The number of carbonyl (C=O) groups is 3. The first kappa shape index (κ1) is 19.5. The highest BCUT2D eigenvalue weighted by Gasteiger charge is 2.10. The van der Waals surface area contributed by atoms with E-state index in [0.29, 0.717) is 22.7 Å². The Morgan fingerprint density at radius 3 is 2.58 bits per heavy atom. The summed E-state index contributed by atoms with van der Waals surface area (Å²) in [6, 6.07) is 6.48. The Bertz CT molecular complexity index is 780. The van der Waals surface area contributed by atoms with Crippen molar-refractivity contribution in [1.82, 2.24) is 4.98 Å². The molecule has 26 heavy (non-hydrogen) atoms. The molecule has 0 fully saturated rings. The number of benzene rings is 1. The maximum atomic E-state index is 12.1. The number of hydrogen-bond acceptors (Lipinski definition) is 6. The van der Waals surface area contributed by atoms with Crippen LogP contribution < -0.4 is 5.32 Å². The van der Waals surface area contributed by atoms with Crippen molar-refractivity contribution in [2.75, 3.05) is 11.9 Å². The van der Waals surface area contributed by atoms with Gasteiger partial charge in [-0.05, 0) is 36.3 Å². The minimum atomic E-state index is -0.605. The average Bonchev–Trinajstić information content (AvgIpc) is 3.11. The normalized spacial score (nSPS) is 10.9. The minimum absolute atomic E-state index is 0.0694. The zero-order valence-corrected chi connectivity index (χ0v) is 15.4. The molecular weight excluding hydrogens is 352 g/mol. The number of rotatable bonds is 8. The topological polar surface area (TPSA) is 85.4 Å². The van der Waals surface area contributed by atoms with Gasteiger partial charge in [0.2, 0.25) is 5.91 Å². The van der Waals surface area contributed by atoms with E-state index in [1.807, 2.05) is 13.8 Å². The van der Waals surface area contributed by atoms with E-state index in [1.165, 1.54) is 23.5 Å². The summed E-state index contributed by atoms with van der Waals surface area (Å²) in [5.41, 5.74) is 1.03. The van der Waals surface area contributed by atoms with E-state index in [2.05, 4.69) is 10.3 Å². The lowest BCUT2D eigenvalue weighted by molar-refractivity contribution is -0.136. The third kappa shape index (κ3) is 6.60. The fourth-order valence-corrected chi connectivity index (χ4v) is 2.58. The number of nitrogens with one attached hydrogen (secondary N) is 1. The van der Waals surface area contributed by atoms with Crippen LogP contribution in [0.1, 0.15) is 35.6 Å². The van der Waals surface area contributed by atoms with Gasteiger partial charge in [-0.3, -0.25) is 9.59 Å². The molecular formula is C19H20N2O4S. The van der Waals surface area contributed by atoms with Crippen molar-refractivity contribution in [3.63, 3.8) is 0 Å². The number of ether oxygens (including phenoxy) is 1. The summed E-state index contributed by atoms with van der Waals surface area (Å²) in [6.07, 6.45) is 4.84. The second-order valence-electron chi connectivity index (χ2n) is 5.96. The van der Waals surface area contributed by atoms with Gasteiger partial charge < -0.3 is 10.1 Å². The summed E-state index contributed by atoms with van der Waals surface area (Å²) in [6.45, 7) is 3.59. The highest BCUT2D eigenvalue weighted by atomic mass is 32.1. The van der Waals surface area contributed by atoms with E-state index >= 15 is 0 Å². The van der Waals surface area contributed by atoms with Crippen molar-refractivity contribution in [2.24, 2.45) is 5.92 Å². The zero-order chi connectivity index (χ0) is 18.9. The summed E-state index contributed by atoms with van der Waals surface area (Å²) in [7, 11) is 0. The van der Waals surface area contributed by atoms with E-state index in [0.717, 1.165) is 0 Å². The fourth-order valence-electron chi connectivity index (χ4n) is 2.05. The number of thiazole rings is 1. The molecule has 0 aliphatic carbocycles. The minimum Gasteiger partial charge on any atom is -0.454 e. The van der Waals surface area contributed by atoms with Gasteiger partial charge >= 0.3 is 5.97 Å². The molecule has 1 N–H and O–H groups in total. The molecule has 6 nitrogen and oxygen atoms in total. The van der Waals surface area contributed by atoms with Crippen molar-refractivity contribution < 1.29 is 19.1 Å². The second kappa shape index (κ2) is 9.62. The molecule has 0 saturated heterocycles. The predicted molar refractivity (Wildman–Crippen MR) is 101 cm³/mol. The van der Waals surface area contributed by atoms with Crippen LogP contribution in [0.25, 0.3) is 6.08 Å². The molecule has 0 radical (unpaired) electrons. The van der Waals surface area contributed by atoms with Crippen LogP contribution >= 0.6 is 11.3 Å². The predicted octanol–water partition coefficient (Wildman–Crippen LogP) is 3.57. The van der Waals surface area contributed by atoms with Gasteiger partial charge in [-0.1, -0.05) is 13.8 Å². The molecule has 1 aromatic heterocycles. The number of amides is 1. The Balaban J connectivity index is 1.82. The van der Waals surface area contributed by atoms with Gasteiger partial charge in [-0.25, -0.2) is 9.78 Å². The molecule has 0 aliphatic heterocycles. The molecule has 0 unspecified atom stereocenters. The van der Waals surface area contributed by atoms with E-state index in [9.17, 15) is 14.4 Å². The molecule has 0 saturated carbocycles. The van der Waals surface area contributed by atoms with Crippen molar-refractivity contribution in [2.45, 2.75) is 20.3 Å². The Morgan fingerprint density at radius 1 is 1.23 bits per heavy atom. The highest BCUT2D eigenvalue weighted by molar-refractivity contribution is 7.10. The average molecular weight is 372 g/mol. The van der Waals surface area contributed by atoms with E-state index in [4.69, 9.17) is 4.74 Å². The number of Topliss-reactive ketones (excluding diaryl/α,β-unsaturated/α-hetero) is 1. The molecule has 0 bridgehead atoms. The molecule has 1 amide bonds. The lowest BCUT2D eigenvalue weighted by Crippen LogP contribution is -2.14. The number of esters is 1. The second-order valence-corrected chi connectivity index (χ2v) is 6.88. The first-order chi connectivity index (χ1) is 12.4. The van der Waals surface area contributed by atoms with Crippen LogP contribution in [0.15, 0.2) is 41.9 Å². The summed E-state index contributed by atoms with van der Waals surface area (Å²) in [5.74, 6) is -0.720. The maximum absolute atomic E-state index is 12.1. The molecule has 7 heteroatoms. The van der Waals surface area contributed by atoms with E-state index < -0.39 is 5.97 Å². The molecule has 1 heterocycles. The summed E-state index contributed by atoms with van der Waals surface area (Å²) in [5, 5.41) is 5.25. The van der Waals surface area contributed by atoms with Crippen LogP contribution in [0, 0.1) is 5.92 Å². The fraction of sp³-hybridized carbons (Fsp3) is 0.263. The number of anilines is 1. The molecule has 136 valence electrons. The number of carbonyl (C=O) groups excluding carboxylic acids is 3. The summed E-state index contributed by atoms with van der Waals surface area (Å²) < 4.78 is 4.93. The number of nitrogens with zero attached hydrogens (tertiary/aromatic N) is 1. The van der Waals surface area contributed by atoms with Gasteiger partial charge in [-0.15, -0.1) is 11.3 Å². The molecule has 2 aromatic rings. The smallest absolute Gasteiger partial charge is 0.331 e. The number of aromatic nitrogens is 1. The Labute approximate surface area is 155 Å². The van der Waals surface area contributed by atoms with Gasteiger partial charge in [0.1, 0.15) is 5.01 Å². The van der Waals surface area contributed by atoms with Crippen LogP contribution in [-0.2, 0) is 14.3 Å². The van der Waals surface area contributed by atoms with E-state index in [-0.39, 0.29) is 24.2 Å². The largest absolute Gasteiger partial charge is 0.454 e. The van der Waals surface area contributed by atoms with Crippen LogP contribution in [0.4, 0.5) is 5.69 Å². The number of hydrogen-bond donors (Lipinski definition) is 1. The molecule has 0 spiro atoms. The van der Waals surface area contributed by atoms with Crippen LogP contribution in [-0.4, -0.2) is 29.3 Å². The van der Waals surface area contributed by atoms with Crippen LogP contribution in [0.5, 0.6) is 0 Å². The first-order valence-electron chi connectivity index (χ1n) is 8.11. The standard InChI is InChI=1S/C19H20N2O4S/c1-13(2)11-17(23)21-15-5-3-14(4-6-15)16(22)12-25-19(24)8-7-18-20-9-10-26-18/h3-10,13H,11-12H2,1-2H3,(H,21,23). The van der Waals surface area contributed by atoms with Gasteiger partial charge in [0.15, 0.2) is 12.4 Å². The van der Waals surface area contributed by atoms with Crippen molar-refractivity contribution in [3.8, 4) is 0 Å². The summed E-state index contributed by atoms with van der Waals surface area (Å²) >= 11 is 1.39. The Morgan fingerprint density at radius 2 is 1.96 bits per heavy atom. The third-order valence-corrected chi connectivity index (χ3v) is 3.98. The SMILES string of the molecule is CC(C)CC(=O)Nc1ccc(C(=O)COC(=O)C=Cc2nccs2)cc1. The van der Waals surface area contributed by atoms with Crippen LogP contribution in [0.3, 0.4) is 0 Å². The van der Waals surface area contributed by atoms with Crippen LogP contribution in [0.2, 0.25) is 0 Å². The van der Waals surface area contributed by atoms with Crippen molar-refractivity contribution >= 4 is 40.8 Å². The molecule has 0 atom stereocenters. The highest BCUT2D eigenvalue weighted by Crippen LogP contribution is 2.12. The van der Waals surface area contributed by atoms with Gasteiger partial charge in [-0.2, -0.15) is 0 Å². The lowest BCUT2D eigenvalue weighted by atomic mass is 10.1. The maximum Gasteiger partial charge on any atom is 0.331 e. The first-order valence-corrected chi connectivity index (χ1v) is 8.99. The molecule has 1 aromatic carbocycles. The van der Waals surface area contributed by atoms with Crippen molar-refractivity contribution in [3.05, 3.63) is 52.5 Å². The Kier molecular flexibility index (Phi) is 7.23.